The molecule has 0 saturated carbocycles. The molecule has 0 atom stereocenters. The molecule has 0 radical (unpaired) electrons. The van der Waals surface area contributed by atoms with Crippen LogP contribution in [0, 0.1) is 6.92 Å². The number of benzene rings is 3. The first kappa shape index (κ1) is 21.7. The van der Waals surface area contributed by atoms with E-state index in [-0.39, 0.29) is 0 Å². The Morgan fingerprint density at radius 3 is 2.47 bits per heavy atom. The molecule has 1 N–H and O–H groups in total. The number of fused-ring (bicyclic) bond motifs is 1. The Balaban J connectivity index is 1.66. The molecule has 4 aromatic rings. The van der Waals surface area contributed by atoms with E-state index in [9.17, 15) is 0 Å². The lowest BCUT2D eigenvalue weighted by molar-refractivity contribution is 0.391. The summed E-state index contributed by atoms with van der Waals surface area (Å²) in [6.07, 6.45) is 1.72. The van der Waals surface area contributed by atoms with Crippen molar-refractivity contribution in [1.29, 1.82) is 0 Å². The lowest BCUT2D eigenvalue weighted by atomic mass is 10.0. The molecular weight excluding hydrogens is 426 g/mol. The van der Waals surface area contributed by atoms with Crippen molar-refractivity contribution in [2.24, 2.45) is 0 Å². The van der Waals surface area contributed by atoms with Crippen LogP contribution in [-0.2, 0) is 6.54 Å². The van der Waals surface area contributed by atoms with Crippen LogP contribution in [0.15, 0.2) is 54.7 Å². The van der Waals surface area contributed by atoms with Gasteiger partial charge in [0, 0.05) is 34.1 Å². The fraction of sp³-hybridized carbons (Fsp3) is 0.200. The average molecular weight is 450 g/mol. The van der Waals surface area contributed by atoms with Crippen LogP contribution in [0.5, 0.6) is 17.2 Å². The van der Waals surface area contributed by atoms with E-state index in [2.05, 4.69) is 15.5 Å². The highest BCUT2D eigenvalue weighted by molar-refractivity contribution is 6.31. The van der Waals surface area contributed by atoms with Crippen LogP contribution in [0.4, 0.5) is 5.69 Å². The Kier molecular flexibility index (Phi) is 6.32. The highest BCUT2D eigenvalue weighted by Gasteiger charge is 2.12. The predicted molar refractivity (Wildman–Crippen MR) is 128 cm³/mol. The Morgan fingerprint density at radius 2 is 1.72 bits per heavy atom. The van der Waals surface area contributed by atoms with Gasteiger partial charge < -0.3 is 19.5 Å². The van der Waals surface area contributed by atoms with E-state index in [0.29, 0.717) is 11.6 Å². The molecule has 0 fully saturated rings. The van der Waals surface area contributed by atoms with Crippen molar-refractivity contribution in [3.63, 3.8) is 0 Å². The zero-order valence-corrected chi connectivity index (χ0v) is 19.2. The first-order valence-corrected chi connectivity index (χ1v) is 10.5. The number of halogens is 1. The van der Waals surface area contributed by atoms with E-state index in [4.69, 9.17) is 25.8 Å². The van der Waals surface area contributed by atoms with Gasteiger partial charge >= 0.3 is 0 Å². The van der Waals surface area contributed by atoms with E-state index in [1.807, 2.05) is 55.5 Å². The number of nitrogens with zero attached hydrogens (tertiary/aromatic N) is 2. The summed E-state index contributed by atoms with van der Waals surface area (Å²) in [5.41, 5.74) is 5.50. The molecule has 0 amide bonds. The third kappa shape index (κ3) is 4.27. The molecule has 3 aromatic carbocycles. The molecule has 0 unspecified atom stereocenters. The van der Waals surface area contributed by atoms with E-state index in [1.165, 1.54) is 0 Å². The number of nitrogens with one attached hydrogen (secondary N) is 1. The second-order valence-electron chi connectivity index (χ2n) is 7.32. The minimum absolute atomic E-state index is 0.567. The third-order valence-electron chi connectivity index (χ3n) is 5.40. The molecule has 0 bridgehead atoms. The molecule has 4 rings (SSSR count). The maximum Gasteiger partial charge on any atom is 0.127 e. The minimum atomic E-state index is 0.567. The lowest BCUT2D eigenvalue weighted by Crippen LogP contribution is -2.03. The molecule has 0 aliphatic heterocycles. The van der Waals surface area contributed by atoms with Crippen LogP contribution in [0.25, 0.3) is 22.0 Å². The van der Waals surface area contributed by atoms with Crippen LogP contribution in [0.3, 0.4) is 0 Å². The topological polar surface area (TPSA) is 65.5 Å². The number of anilines is 1. The number of ether oxygens (including phenoxy) is 3. The molecule has 0 aliphatic carbocycles. The Bertz CT molecular complexity index is 1280. The molecule has 1 aromatic heterocycles. The van der Waals surface area contributed by atoms with Crippen molar-refractivity contribution in [3.05, 3.63) is 70.9 Å². The standard InChI is InChI=1S/C25H24ClN3O3/c1-15-9-25(32-4)20(12-21(15)26)16-6-8-19-22(10-16)29-28-14-23(19)27-13-17-5-7-18(30-2)11-24(17)31-3/h5-12,14H,13H2,1-4H3,(H,27,29). The van der Waals surface area contributed by atoms with Crippen LogP contribution < -0.4 is 19.5 Å². The summed E-state index contributed by atoms with van der Waals surface area (Å²) >= 11 is 6.37. The van der Waals surface area contributed by atoms with E-state index < -0.39 is 0 Å². The van der Waals surface area contributed by atoms with Gasteiger partial charge in [-0.05, 0) is 54.4 Å². The molecule has 32 heavy (non-hydrogen) atoms. The summed E-state index contributed by atoms with van der Waals surface area (Å²) in [4.78, 5) is 0. The lowest BCUT2D eigenvalue weighted by Gasteiger charge is -2.14. The van der Waals surface area contributed by atoms with Gasteiger partial charge in [-0.2, -0.15) is 10.2 Å². The van der Waals surface area contributed by atoms with Crippen LogP contribution >= 0.6 is 11.6 Å². The maximum absolute atomic E-state index is 6.37. The summed E-state index contributed by atoms with van der Waals surface area (Å²) in [5.74, 6) is 2.27. The van der Waals surface area contributed by atoms with Gasteiger partial charge in [-0.3, -0.25) is 0 Å². The molecule has 1 heterocycles. The number of hydrogen-bond acceptors (Lipinski definition) is 6. The Morgan fingerprint density at radius 1 is 0.906 bits per heavy atom. The second-order valence-corrected chi connectivity index (χ2v) is 7.73. The van der Waals surface area contributed by atoms with E-state index >= 15 is 0 Å². The number of hydrogen-bond donors (Lipinski definition) is 1. The van der Waals surface area contributed by atoms with Crippen molar-refractivity contribution < 1.29 is 14.2 Å². The molecule has 0 aliphatic rings. The first-order valence-electron chi connectivity index (χ1n) is 10.1. The normalized spacial score (nSPS) is 10.8. The summed E-state index contributed by atoms with van der Waals surface area (Å²) in [6.45, 7) is 2.52. The molecule has 164 valence electrons. The SMILES string of the molecule is COc1ccc(CNc2cnnc3cc(-c4cc(Cl)c(C)cc4OC)ccc23)c(OC)c1. The monoisotopic (exact) mass is 449 g/mol. The maximum atomic E-state index is 6.37. The van der Waals surface area contributed by atoms with Gasteiger partial charge in [0.1, 0.15) is 17.2 Å². The molecule has 0 saturated heterocycles. The highest BCUT2D eigenvalue weighted by atomic mass is 35.5. The molecule has 6 nitrogen and oxygen atoms in total. The van der Waals surface area contributed by atoms with Gasteiger partial charge in [0.15, 0.2) is 0 Å². The minimum Gasteiger partial charge on any atom is -0.497 e. The third-order valence-corrected chi connectivity index (χ3v) is 5.80. The molecule has 0 spiro atoms. The van der Waals surface area contributed by atoms with Gasteiger partial charge in [0.25, 0.3) is 0 Å². The fourth-order valence-electron chi connectivity index (χ4n) is 3.61. The van der Waals surface area contributed by atoms with Crippen molar-refractivity contribution in [3.8, 4) is 28.4 Å². The smallest absolute Gasteiger partial charge is 0.127 e. The van der Waals surface area contributed by atoms with E-state index in [0.717, 1.165) is 56.1 Å². The zero-order valence-electron chi connectivity index (χ0n) is 18.4. The van der Waals surface area contributed by atoms with Crippen LogP contribution in [0.2, 0.25) is 5.02 Å². The largest absolute Gasteiger partial charge is 0.497 e. The number of rotatable bonds is 7. The van der Waals surface area contributed by atoms with Gasteiger partial charge in [0.05, 0.1) is 38.7 Å². The van der Waals surface area contributed by atoms with Gasteiger partial charge in [-0.15, -0.1) is 0 Å². The zero-order chi connectivity index (χ0) is 22.7. The van der Waals surface area contributed by atoms with Gasteiger partial charge in [-0.25, -0.2) is 0 Å². The van der Waals surface area contributed by atoms with Crippen LogP contribution in [0.1, 0.15) is 11.1 Å². The van der Waals surface area contributed by atoms with Crippen molar-refractivity contribution >= 4 is 28.2 Å². The molecular formula is C25H24ClN3O3. The van der Waals surface area contributed by atoms with Crippen molar-refractivity contribution in [2.75, 3.05) is 26.6 Å². The number of aryl methyl sites for hydroxylation is 1. The Labute approximate surface area is 192 Å². The van der Waals surface area contributed by atoms with Crippen LogP contribution in [-0.4, -0.2) is 31.5 Å². The summed E-state index contributed by atoms with van der Waals surface area (Å²) in [7, 11) is 4.94. The number of aromatic nitrogens is 2. The quantitative estimate of drug-likeness (QED) is 0.379. The summed E-state index contributed by atoms with van der Waals surface area (Å²) < 4.78 is 16.3. The van der Waals surface area contributed by atoms with E-state index in [1.54, 1.807) is 27.5 Å². The summed E-state index contributed by atoms with van der Waals surface area (Å²) in [5, 5.41) is 13.6. The predicted octanol–water partition coefficient (Wildman–Crippen LogP) is 5.90. The van der Waals surface area contributed by atoms with Crippen molar-refractivity contribution in [2.45, 2.75) is 13.5 Å². The second kappa shape index (κ2) is 9.32. The molecule has 7 heteroatoms. The van der Waals surface area contributed by atoms with Gasteiger partial charge in [0.2, 0.25) is 0 Å². The average Bonchev–Trinajstić information content (AvgIpc) is 2.83. The highest BCUT2D eigenvalue weighted by Crippen LogP contribution is 2.36. The van der Waals surface area contributed by atoms with Gasteiger partial charge in [-0.1, -0.05) is 17.7 Å². The Hall–Kier alpha value is -3.51. The fourth-order valence-corrected chi connectivity index (χ4v) is 3.77. The first-order chi connectivity index (χ1) is 15.5. The number of methoxy groups -OCH3 is 3. The summed E-state index contributed by atoms with van der Waals surface area (Å²) in [6, 6.07) is 15.7. The van der Waals surface area contributed by atoms with Crippen molar-refractivity contribution in [1.82, 2.24) is 10.2 Å².